The van der Waals surface area contributed by atoms with Crippen LogP contribution in [-0.2, 0) is 14.8 Å². The van der Waals surface area contributed by atoms with Crippen LogP contribution in [0.5, 0.6) is 0 Å². The zero-order valence-electron chi connectivity index (χ0n) is 14.5. The van der Waals surface area contributed by atoms with E-state index in [1.54, 1.807) is 0 Å². The minimum Gasteiger partial charge on any atom is -0.356 e. The summed E-state index contributed by atoms with van der Waals surface area (Å²) >= 11 is 5.68. The molecule has 1 aromatic carbocycles. The first kappa shape index (κ1) is 23.1. The van der Waals surface area contributed by atoms with E-state index in [1.807, 2.05) is 6.92 Å². The summed E-state index contributed by atoms with van der Waals surface area (Å²) in [7, 11) is -3.75. The summed E-state index contributed by atoms with van der Waals surface area (Å²) in [5.41, 5.74) is 5.52. The topological polar surface area (TPSA) is 92.5 Å². The van der Waals surface area contributed by atoms with Crippen LogP contribution in [0.1, 0.15) is 19.8 Å². The van der Waals surface area contributed by atoms with Crippen LogP contribution in [0.4, 0.5) is 4.39 Å². The number of amides is 1. The summed E-state index contributed by atoms with van der Waals surface area (Å²) in [6.45, 7) is 3.44. The average molecular weight is 428 g/mol. The zero-order valence-corrected chi connectivity index (χ0v) is 16.8. The monoisotopic (exact) mass is 427 g/mol. The van der Waals surface area contributed by atoms with Crippen molar-refractivity contribution in [3.8, 4) is 0 Å². The fourth-order valence-corrected chi connectivity index (χ4v) is 4.39. The Bertz CT molecular complexity index is 725. The highest BCUT2D eigenvalue weighted by molar-refractivity contribution is 7.89. The summed E-state index contributed by atoms with van der Waals surface area (Å²) in [5.74, 6) is -0.745. The van der Waals surface area contributed by atoms with Gasteiger partial charge in [-0.25, -0.2) is 12.8 Å². The predicted molar refractivity (Wildman–Crippen MR) is 101 cm³/mol. The van der Waals surface area contributed by atoms with Crippen LogP contribution in [0.2, 0.25) is 5.02 Å². The van der Waals surface area contributed by atoms with Gasteiger partial charge in [0.1, 0.15) is 5.82 Å². The molecule has 1 atom stereocenters. The van der Waals surface area contributed by atoms with E-state index in [9.17, 15) is 17.6 Å². The number of carbonyl (C=O) groups excluding carboxylic acids is 1. The number of nitrogens with one attached hydrogen (secondary N) is 1. The van der Waals surface area contributed by atoms with Crippen molar-refractivity contribution in [2.45, 2.75) is 24.7 Å². The van der Waals surface area contributed by atoms with Gasteiger partial charge in [0.2, 0.25) is 15.9 Å². The molecule has 0 bridgehead atoms. The number of carbonyl (C=O) groups is 1. The van der Waals surface area contributed by atoms with Crippen LogP contribution in [0.3, 0.4) is 0 Å². The van der Waals surface area contributed by atoms with Gasteiger partial charge < -0.3 is 11.1 Å². The molecule has 2 rings (SSSR count). The van der Waals surface area contributed by atoms with Gasteiger partial charge in [-0.1, -0.05) is 18.5 Å². The molecule has 26 heavy (non-hydrogen) atoms. The lowest BCUT2D eigenvalue weighted by molar-refractivity contribution is -0.126. The quantitative estimate of drug-likeness (QED) is 0.725. The van der Waals surface area contributed by atoms with E-state index in [2.05, 4.69) is 5.32 Å². The summed E-state index contributed by atoms with van der Waals surface area (Å²) in [6.07, 6.45) is 0.883. The lowest BCUT2D eigenvalue weighted by atomic mass is 9.97. The van der Waals surface area contributed by atoms with Gasteiger partial charge in [0.05, 0.1) is 9.92 Å². The van der Waals surface area contributed by atoms with Crippen LogP contribution >= 0.6 is 24.0 Å². The molecule has 0 aliphatic carbocycles. The Hall–Kier alpha value is -0.930. The van der Waals surface area contributed by atoms with E-state index >= 15 is 0 Å². The maximum Gasteiger partial charge on any atom is 0.243 e. The van der Waals surface area contributed by atoms with Crippen molar-refractivity contribution in [2.24, 2.45) is 17.6 Å². The van der Waals surface area contributed by atoms with Crippen molar-refractivity contribution in [3.05, 3.63) is 29.0 Å². The van der Waals surface area contributed by atoms with E-state index in [-0.39, 0.29) is 53.2 Å². The Morgan fingerprint density at radius 1 is 1.42 bits per heavy atom. The normalized spacial score (nSPS) is 17.4. The van der Waals surface area contributed by atoms with Gasteiger partial charge in [-0.05, 0) is 43.5 Å². The summed E-state index contributed by atoms with van der Waals surface area (Å²) in [5, 5.41) is 2.62. The standard InChI is InChI=1S/C16H23ClFN3O3S.ClH/c1-11(9-19)10-20-16(22)12-4-6-21(7-5-12)25(23,24)13-2-3-15(18)14(17)8-13;/h2-3,8,11-12H,4-7,9-10,19H2,1H3,(H,20,22);1H. The number of hydrogen-bond acceptors (Lipinski definition) is 4. The van der Waals surface area contributed by atoms with Crippen molar-refractivity contribution in [1.82, 2.24) is 9.62 Å². The number of nitrogens with zero attached hydrogens (tertiary/aromatic N) is 1. The van der Waals surface area contributed by atoms with E-state index < -0.39 is 15.8 Å². The number of nitrogens with two attached hydrogens (primary N) is 1. The SMILES string of the molecule is CC(CN)CNC(=O)C1CCN(S(=O)(=O)c2ccc(F)c(Cl)c2)CC1.Cl. The molecule has 0 spiro atoms. The molecule has 1 saturated heterocycles. The number of benzene rings is 1. The van der Waals surface area contributed by atoms with E-state index in [0.29, 0.717) is 25.9 Å². The molecule has 0 radical (unpaired) electrons. The third-order valence-corrected chi connectivity index (χ3v) is 6.56. The lowest BCUT2D eigenvalue weighted by Gasteiger charge is -2.30. The molecule has 1 fully saturated rings. The molecule has 1 aliphatic rings. The fourth-order valence-electron chi connectivity index (χ4n) is 2.65. The van der Waals surface area contributed by atoms with Gasteiger partial charge >= 0.3 is 0 Å². The highest BCUT2D eigenvalue weighted by atomic mass is 35.5. The maximum absolute atomic E-state index is 13.2. The molecular formula is C16H24Cl2FN3O3S. The number of sulfonamides is 1. The van der Waals surface area contributed by atoms with Gasteiger partial charge in [0.25, 0.3) is 0 Å². The molecule has 3 N–H and O–H groups in total. The fraction of sp³-hybridized carbons (Fsp3) is 0.562. The van der Waals surface area contributed by atoms with Crippen molar-refractivity contribution >= 4 is 39.9 Å². The van der Waals surface area contributed by atoms with Crippen LogP contribution in [0.25, 0.3) is 0 Å². The summed E-state index contributed by atoms with van der Waals surface area (Å²) < 4.78 is 39.8. The summed E-state index contributed by atoms with van der Waals surface area (Å²) in [6, 6.07) is 3.34. The Morgan fingerprint density at radius 2 is 2.04 bits per heavy atom. The Labute approximate surface area is 164 Å². The third kappa shape index (κ3) is 5.53. The van der Waals surface area contributed by atoms with Gasteiger partial charge in [0, 0.05) is 25.6 Å². The first-order valence-corrected chi connectivity index (χ1v) is 10.0. The lowest BCUT2D eigenvalue weighted by Crippen LogP contribution is -2.44. The molecule has 1 amide bonds. The van der Waals surface area contributed by atoms with Crippen molar-refractivity contribution in [2.75, 3.05) is 26.2 Å². The molecule has 1 heterocycles. The van der Waals surface area contributed by atoms with E-state index in [1.165, 1.54) is 10.4 Å². The van der Waals surface area contributed by atoms with Gasteiger partial charge in [-0.15, -0.1) is 12.4 Å². The molecule has 0 saturated carbocycles. The van der Waals surface area contributed by atoms with Crippen molar-refractivity contribution in [3.63, 3.8) is 0 Å². The molecule has 10 heteroatoms. The van der Waals surface area contributed by atoms with Gasteiger partial charge in [-0.3, -0.25) is 4.79 Å². The molecule has 1 aromatic rings. The third-order valence-electron chi connectivity index (χ3n) is 4.38. The second kappa shape index (κ2) is 9.85. The highest BCUT2D eigenvalue weighted by Gasteiger charge is 2.32. The van der Waals surface area contributed by atoms with Crippen LogP contribution in [0.15, 0.2) is 23.1 Å². The number of halogens is 3. The molecule has 6 nitrogen and oxygen atoms in total. The summed E-state index contributed by atoms with van der Waals surface area (Å²) in [4.78, 5) is 12.1. The smallest absolute Gasteiger partial charge is 0.243 e. The molecule has 1 unspecified atom stereocenters. The zero-order chi connectivity index (χ0) is 18.6. The van der Waals surface area contributed by atoms with E-state index in [4.69, 9.17) is 17.3 Å². The minimum atomic E-state index is -3.75. The first-order chi connectivity index (χ1) is 11.8. The number of rotatable bonds is 6. The molecule has 148 valence electrons. The van der Waals surface area contributed by atoms with Crippen molar-refractivity contribution in [1.29, 1.82) is 0 Å². The average Bonchev–Trinajstić information content (AvgIpc) is 2.61. The van der Waals surface area contributed by atoms with Crippen molar-refractivity contribution < 1.29 is 17.6 Å². The second-order valence-corrected chi connectivity index (χ2v) is 8.69. The maximum atomic E-state index is 13.2. The van der Waals surface area contributed by atoms with E-state index in [0.717, 1.165) is 12.1 Å². The highest BCUT2D eigenvalue weighted by Crippen LogP contribution is 2.26. The Morgan fingerprint density at radius 3 is 2.58 bits per heavy atom. The van der Waals surface area contributed by atoms with Gasteiger partial charge in [-0.2, -0.15) is 4.31 Å². The molecule has 1 aliphatic heterocycles. The Kier molecular flexibility index (Phi) is 8.75. The van der Waals surface area contributed by atoms with Crippen LogP contribution in [0, 0.1) is 17.7 Å². The first-order valence-electron chi connectivity index (χ1n) is 8.18. The van der Waals surface area contributed by atoms with Gasteiger partial charge in [0.15, 0.2) is 0 Å². The molecular weight excluding hydrogens is 404 g/mol. The number of hydrogen-bond donors (Lipinski definition) is 2. The predicted octanol–water partition coefficient (Wildman–Crippen LogP) is 2.01. The Balaban J connectivity index is 0.00000338. The largest absolute Gasteiger partial charge is 0.356 e. The molecule has 0 aromatic heterocycles. The number of piperidine rings is 1. The second-order valence-electron chi connectivity index (χ2n) is 6.34. The minimum absolute atomic E-state index is 0. The van der Waals surface area contributed by atoms with Crippen LogP contribution in [-0.4, -0.2) is 44.8 Å². The van der Waals surface area contributed by atoms with Crippen LogP contribution < -0.4 is 11.1 Å².